The summed E-state index contributed by atoms with van der Waals surface area (Å²) in [6, 6.07) is 32.7. The van der Waals surface area contributed by atoms with Gasteiger partial charge in [0.05, 0.1) is 11.1 Å². The van der Waals surface area contributed by atoms with Crippen LogP contribution in [-0.2, 0) is 0 Å². The Hall–Kier alpha value is -4.74. The molecule has 148 valence electrons. The third kappa shape index (κ3) is 4.64. The van der Waals surface area contributed by atoms with Crippen molar-refractivity contribution < 1.29 is 14.2 Å². The summed E-state index contributed by atoms with van der Waals surface area (Å²) in [7, 11) is 0. The van der Waals surface area contributed by atoms with Crippen molar-refractivity contribution in [3.8, 4) is 46.6 Å². The van der Waals surface area contributed by atoms with Gasteiger partial charge in [-0.1, -0.05) is 42.5 Å². The van der Waals surface area contributed by atoms with E-state index in [4.69, 9.17) is 19.5 Å². The van der Waals surface area contributed by atoms with E-state index in [0.717, 1.165) is 0 Å². The molecule has 0 N–H and O–H groups in total. The van der Waals surface area contributed by atoms with Gasteiger partial charge in [0.2, 0.25) is 5.75 Å². The molecule has 0 heterocycles. The number of rotatable bonds is 6. The molecule has 0 bridgehead atoms. The minimum atomic E-state index is 0.229. The molecule has 4 aromatic rings. The molecule has 0 aliphatic heterocycles. The highest BCUT2D eigenvalue weighted by molar-refractivity contribution is 5.57. The van der Waals surface area contributed by atoms with E-state index >= 15 is 0 Å². The first-order valence-electron chi connectivity index (χ1n) is 9.48. The Kier molecular flexibility index (Phi) is 5.79. The van der Waals surface area contributed by atoms with Crippen LogP contribution in [0.3, 0.4) is 0 Å². The topological polar surface area (TPSA) is 75.3 Å². The van der Waals surface area contributed by atoms with Crippen molar-refractivity contribution in [2.45, 2.75) is 0 Å². The summed E-state index contributed by atoms with van der Waals surface area (Å²) in [6.45, 7) is 0. The van der Waals surface area contributed by atoms with Crippen LogP contribution in [0.2, 0.25) is 0 Å². The second kappa shape index (κ2) is 9.17. The smallest absolute Gasteiger partial charge is 0.212 e. The first-order valence-corrected chi connectivity index (χ1v) is 9.48. The first kappa shape index (κ1) is 19.6. The molecular formula is C26H16N2O3. The van der Waals surface area contributed by atoms with Gasteiger partial charge in [0.25, 0.3) is 0 Å². The van der Waals surface area contributed by atoms with Crippen molar-refractivity contribution in [3.63, 3.8) is 0 Å². The Balaban J connectivity index is 1.75. The number of hydrogen-bond donors (Lipinski definition) is 0. The Labute approximate surface area is 179 Å². The van der Waals surface area contributed by atoms with E-state index in [2.05, 4.69) is 0 Å². The number of hydrogen-bond acceptors (Lipinski definition) is 5. The Bertz CT molecular complexity index is 1210. The summed E-state index contributed by atoms with van der Waals surface area (Å²) >= 11 is 0. The lowest BCUT2D eigenvalue weighted by molar-refractivity contribution is 0.386. The molecule has 0 aliphatic rings. The lowest BCUT2D eigenvalue weighted by atomic mass is 10.1. The van der Waals surface area contributed by atoms with Crippen molar-refractivity contribution in [1.82, 2.24) is 0 Å². The van der Waals surface area contributed by atoms with E-state index in [9.17, 15) is 5.26 Å². The van der Waals surface area contributed by atoms with Crippen LogP contribution in [0.4, 0.5) is 0 Å². The third-order valence-corrected chi connectivity index (χ3v) is 4.34. The molecule has 0 saturated carbocycles. The highest BCUT2D eigenvalue weighted by Gasteiger charge is 2.16. The van der Waals surface area contributed by atoms with Gasteiger partial charge in [-0.05, 0) is 54.6 Å². The van der Waals surface area contributed by atoms with Crippen molar-refractivity contribution in [1.29, 1.82) is 10.5 Å². The van der Waals surface area contributed by atoms with E-state index in [1.54, 1.807) is 24.3 Å². The van der Waals surface area contributed by atoms with E-state index in [1.807, 2.05) is 78.9 Å². The van der Waals surface area contributed by atoms with Crippen LogP contribution in [-0.4, -0.2) is 0 Å². The van der Waals surface area contributed by atoms with Gasteiger partial charge in [-0.15, -0.1) is 0 Å². The molecule has 0 atom stereocenters. The third-order valence-electron chi connectivity index (χ3n) is 4.34. The lowest BCUT2D eigenvalue weighted by Crippen LogP contribution is -1.95. The average Bonchev–Trinajstić information content (AvgIpc) is 2.82. The number of ether oxygens (including phenoxy) is 3. The zero-order valence-corrected chi connectivity index (χ0v) is 16.4. The largest absolute Gasteiger partial charge is 0.453 e. The van der Waals surface area contributed by atoms with Crippen LogP contribution in [0, 0.1) is 22.7 Å². The minimum Gasteiger partial charge on any atom is -0.453 e. The van der Waals surface area contributed by atoms with E-state index in [-0.39, 0.29) is 11.1 Å². The van der Waals surface area contributed by atoms with Crippen molar-refractivity contribution >= 4 is 0 Å². The molecule has 31 heavy (non-hydrogen) atoms. The molecule has 0 unspecified atom stereocenters. The summed E-state index contributed by atoms with van der Waals surface area (Å²) in [5, 5.41) is 18.5. The number of benzene rings is 4. The monoisotopic (exact) mass is 404 g/mol. The normalized spacial score (nSPS) is 9.87. The van der Waals surface area contributed by atoms with Gasteiger partial charge in [-0.25, -0.2) is 0 Å². The van der Waals surface area contributed by atoms with Gasteiger partial charge in [0.15, 0.2) is 11.5 Å². The fraction of sp³-hybridized carbons (Fsp3) is 0. The first-order chi connectivity index (χ1) is 15.3. The molecule has 0 aliphatic carbocycles. The Morgan fingerprint density at radius 2 is 1.03 bits per heavy atom. The fourth-order valence-corrected chi connectivity index (χ4v) is 2.88. The summed E-state index contributed by atoms with van der Waals surface area (Å²) < 4.78 is 18.2. The standard InChI is InChI=1S/C26H16N2O3/c27-17-19-14-15-23(16-20(19)18-28)31-26-24(29-21-8-3-1-4-9-21)12-7-13-25(26)30-22-10-5-2-6-11-22/h1-16H. The predicted octanol–water partition coefficient (Wildman–Crippen LogP) is 6.81. The lowest BCUT2D eigenvalue weighted by Gasteiger charge is -2.16. The Morgan fingerprint density at radius 1 is 0.484 bits per heavy atom. The van der Waals surface area contributed by atoms with Crippen LogP contribution in [0.25, 0.3) is 0 Å². The van der Waals surface area contributed by atoms with E-state index in [1.165, 1.54) is 6.07 Å². The molecular weight excluding hydrogens is 388 g/mol. The molecule has 0 saturated heterocycles. The summed E-state index contributed by atoms with van der Waals surface area (Å²) in [6.07, 6.45) is 0. The van der Waals surface area contributed by atoms with Gasteiger partial charge < -0.3 is 14.2 Å². The van der Waals surface area contributed by atoms with Crippen molar-refractivity contribution in [3.05, 3.63) is 108 Å². The van der Waals surface area contributed by atoms with Crippen LogP contribution in [0.15, 0.2) is 97.1 Å². The molecule has 0 spiro atoms. The van der Waals surface area contributed by atoms with Crippen LogP contribution >= 0.6 is 0 Å². The molecule has 0 aromatic heterocycles. The molecule has 4 aromatic carbocycles. The average molecular weight is 404 g/mol. The van der Waals surface area contributed by atoms with Gasteiger partial charge in [0, 0.05) is 0 Å². The van der Waals surface area contributed by atoms with E-state index in [0.29, 0.717) is 34.5 Å². The second-order valence-corrected chi connectivity index (χ2v) is 6.45. The highest BCUT2D eigenvalue weighted by Crippen LogP contribution is 2.44. The molecule has 0 radical (unpaired) electrons. The number of nitriles is 2. The van der Waals surface area contributed by atoms with Crippen LogP contribution in [0.5, 0.6) is 34.5 Å². The molecule has 4 rings (SSSR count). The van der Waals surface area contributed by atoms with Gasteiger partial charge in [-0.2, -0.15) is 10.5 Å². The van der Waals surface area contributed by atoms with Crippen molar-refractivity contribution in [2.24, 2.45) is 0 Å². The van der Waals surface area contributed by atoms with E-state index < -0.39 is 0 Å². The van der Waals surface area contributed by atoms with Gasteiger partial charge in [-0.3, -0.25) is 0 Å². The number of para-hydroxylation sites is 3. The maximum atomic E-state index is 9.33. The summed E-state index contributed by atoms with van der Waals surface area (Å²) in [5.41, 5.74) is 0.511. The fourth-order valence-electron chi connectivity index (χ4n) is 2.88. The molecule has 0 fully saturated rings. The highest BCUT2D eigenvalue weighted by atomic mass is 16.5. The van der Waals surface area contributed by atoms with Gasteiger partial charge >= 0.3 is 0 Å². The molecule has 5 nitrogen and oxygen atoms in total. The quantitative estimate of drug-likeness (QED) is 0.353. The SMILES string of the molecule is N#Cc1ccc(Oc2c(Oc3ccccc3)cccc2Oc2ccccc2)cc1C#N. The number of nitrogens with zero attached hydrogens (tertiary/aromatic N) is 2. The zero-order valence-electron chi connectivity index (χ0n) is 16.4. The maximum absolute atomic E-state index is 9.33. The zero-order chi connectivity index (χ0) is 21.5. The molecule has 5 heteroatoms. The summed E-state index contributed by atoms with van der Waals surface area (Å²) in [4.78, 5) is 0. The maximum Gasteiger partial charge on any atom is 0.212 e. The predicted molar refractivity (Wildman–Crippen MR) is 115 cm³/mol. The van der Waals surface area contributed by atoms with Crippen LogP contribution < -0.4 is 14.2 Å². The van der Waals surface area contributed by atoms with Gasteiger partial charge in [0.1, 0.15) is 29.4 Å². The molecule has 0 amide bonds. The Morgan fingerprint density at radius 3 is 1.55 bits per heavy atom. The second-order valence-electron chi connectivity index (χ2n) is 6.45. The summed E-state index contributed by atoms with van der Waals surface area (Å²) in [5.74, 6) is 2.91. The van der Waals surface area contributed by atoms with Crippen molar-refractivity contribution in [2.75, 3.05) is 0 Å². The van der Waals surface area contributed by atoms with Crippen LogP contribution in [0.1, 0.15) is 11.1 Å². The minimum absolute atomic E-state index is 0.229.